The molecule has 56 heavy (non-hydrogen) atoms. The predicted molar refractivity (Wildman–Crippen MR) is 221 cm³/mol. The van der Waals surface area contributed by atoms with Gasteiger partial charge in [-0.2, -0.15) is 10.2 Å². The number of rotatable bonds is 6. The van der Waals surface area contributed by atoms with Gasteiger partial charge in [0.15, 0.2) is 0 Å². The summed E-state index contributed by atoms with van der Waals surface area (Å²) < 4.78 is 11.0. The maximum absolute atomic E-state index is 6.51. The van der Waals surface area contributed by atoms with Crippen LogP contribution >= 0.6 is 22.9 Å². The number of fused-ring (bicyclic) bond motifs is 2. The average molecular weight is 784 g/mol. The molecule has 282 valence electrons. The molecule has 2 saturated heterocycles. The molecule has 0 unspecified atom stereocenters. The van der Waals surface area contributed by atoms with Gasteiger partial charge in [-0.1, -0.05) is 11.6 Å². The van der Waals surface area contributed by atoms with Gasteiger partial charge < -0.3 is 19.3 Å². The summed E-state index contributed by atoms with van der Waals surface area (Å²) in [4.78, 5) is 29.4. The van der Waals surface area contributed by atoms with Gasteiger partial charge in [0.2, 0.25) is 0 Å². The zero-order chi connectivity index (χ0) is 38.0. The van der Waals surface area contributed by atoms with Gasteiger partial charge in [-0.15, -0.1) is 11.3 Å². The Bertz CT molecular complexity index is 2620. The molecule has 2 aliphatic rings. The van der Waals surface area contributed by atoms with E-state index < -0.39 is 0 Å². The summed E-state index contributed by atoms with van der Waals surface area (Å²) in [5.41, 5.74) is 10.4. The first kappa shape index (κ1) is 35.9. The number of nitrogens with zero attached hydrogens (tertiary/aromatic N) is 9. The lowest BCUT2D eigenvalue weighted by Crippen LogP contribution is -2.36. The molecule has 15 heteroatoms. The number of ether oxygens (including phenoxy) is 2. The van der Waals surface area contributed by atoms with Gasteiger partial charge in [-0.05, 0) is 84.4 Å². The Morgan fingerprint density at radius 2 is 1.20 bits per heavy atom. The number of H-pyrrole nitrogens is 2. The maximum Gasteiger partial charge on any atom is 0.136 e. The van der Waals surface area contributed by atoms with Crippen molar-refractivity contribution >= 4 is 56.4 Å². The van der Waals surface area contributed by atoms with Gasteiger partial charge in [0.05, 0.1) is 37.8 Å². The lowest BCUT2D eigenvalue weighted by Gasteiger charge is -2.28. The molecule has 0 atom stereocenters. The summed E-state index contributed by atoms with van der Waals surface area (Å²) in [6, 6.07) is 16.4. The Labute approximate surface area is 331 Å². The summed E-state index contributed by atoms with van der Waals surface area (Å²) in [6.07, 6.45) is 8.86. The van der Waals surface area contributed by atoms with Gasteiger partial charge in [0.25, 0.3) is 0 Å². The number of anilines is 2. The Morgan fingerprint density at radius 1 is 0.643 bits per heavy atom. The van der Waals surface area contributed by atoms with Crippen LogP contribution in [0, 0.1) is 13.8 Å². The third-order valence-corrected chi connectivity index (χ3v) is 11.3. The van der Waals surface area contributed by atoms with E-state index in [1.807, 2.05) is 31.3 Å². The number of halogens is 1. The molecule has 8 aromatic rings. The van der Waals surface area contributed by atoms with Crippen LogP contribution in [-0.4, -0.2) is 97.9 Å². The zero-order valence-electron chi connectivity index (χ0n) is 30.9. The first-order chi connectivity index (χ1) is 27.5. The van der Waals surface area contributed by atoms with Crippen LogP contribution in [0.1, 0.15) is 11.1 Å². The predicted octanol–water partition coefficient (Wildman–Crippen LogP) is 7.77. The van der Waals surface area contributed by atoms with Crippen molar-refractivity contribution in [3.05, 3.63) is 101 Å². The van der Waals surface area contributed by atoms with Crippen LogP contribution in [0.4, 0.5) is 11.6 Å². The molecule has 0 spiro atoms. The van der Waals surface area contributed by atoms with Gasteiger partial charge in [-0.25, -0.2) is 15.0 Å². The summed E-state index contributed by atoms with van der Waals surface area (Å²) in [6.45, 7) is 10.3. The van der Waals surface area contributed by atoms with Crippen molar-refractivity contribution in [3.63, 3.8) is 0 Å². The minimum atomic E-state index is 0.468. The summed E-state index contributed by atoms with van der Waals surface area (Å²) in [5.74, 6) is 1.85. The second-order valence-corrected chi connectivity index (χ2v) is 14.9. The molecule has 2 N–H and O–H groups in total. The highest BCUT2D eigenvalue weighted by Crippen LogP contribution is 2.40. The van der Waals surface area contributed by atoms with Crippen LogP contribution in [0.5, 0.6) is 0 Å². The van der Waals surface area contributed by atoms with Crippen LogP contribution in [0.25, 0.3) is 66.1 Å². The van der Waals surface area contributed by atoms with E-state index in [1.54, 1.807) is 36.1 Å². The average Bonchev–Trinajstić information content (AvgIpc) is 4.06. The van der Waals surface area contributed by atoms with Crippen molar-refractivity contribution in [2.24, 2.45) is 0 Å². The molecule has 0 aromatic carbocycles. The highest BCUT2D eigenvalue weighted by atomic mass is 35.5. The van der Waals surface area contributed by atoms with Crippen molar-refractivity contribution in [3.8, 4) is 44.3 Å². The van der Waals surface area contributed by atoms with E-state index in [4.69, 9.17) is 31.0 Å². The van der Waals surface area contributed by atoms with Crippen molar-refractivity contribution in [2.75, 3.05) is 62.4 Å². The van der Waals surface area contributed by atoms with Crippen LogP contribution < -0.4 is 9.80 Å². The molecule has 2 fully saturated rings. The molecular weight excluding hydrogens is 746 g/mol. The molecule has 2 aliphatic heterocycles. The molecule has 13 nitrogen and oxygen atoms in total. The molecule has 8 aromatic heterocycles. The number of nitrogens with one attached hydrogen (secondary N) is 2. The molecular formula is C41H38ClN11O2S. The Morgan fingerprint density at radius 3 is 1.71 bits per heavy atom. The number of aromatic nitrogens is 9. The van der Waals surface area contributed by atoms with Crippen molar-refractivity contribution in [1.29, 1.82) is 0 Å². The smallest absolute Gasteiger partial charge is 0.136 e. The van der Waals surface area contributed by atoms with E-state index in [0.717, 1.165) is 112 Å². The molecule has 0 aliphatic carbocycles. The largest absolute Gasteiger partial charge is 0.378 e. The topological polar surface area (TPSA) is 147 Å². The van der Waals surface area contributed by atoms with Crippen LogP contribution in [0.3, 0.4) is 0 Å². The Balaban J connectivity index is 0.000000147. The fourth-order valence-electron chi connectivity index (χ4n) is 7.16. The van der Waals surface area contributed by atoms with E-state index in [9.17, 15) is 0 Å². The zero-order valence-corrected chi connectivity index (χ0v) is 32.4. The number of pyridine rings is 5. The quantitative estimate of drug-likeness (QED) is 0.160. The van der Waals surface area contributed by atoms with Crippen LogP contribution in [-0.2, 0) is 9.47 Å². The van der Waals surface area contributed by atoms with E-state index in [-0.39, 0.29) is 0 Å². The van der Waals surface area contributed by atoms with E-state index >= 15 is 0 Å². The minimum absolute atomic E-state index is 0.468. The SMILES string of the molecule is Cc1ccsc1-c1cc(N2CCOCC2)nc2c(-c3ccn[nH]3)nccc12.Cc1cnc(Cl)c(-c2cc(N3CCOCC3)nc3c(-c4ccn[nH]4)nccc23)c1. The van der Waals surface area contributed by atoms with Gasteiger partial charge >= 0.3 is 0 Å². The second-order valence-electron chi connectivity index (χ2n) is 13.6. The number of aromatic amines is 2. The van der Waals surface area contributed by atoms with Crippen LogP contribution in [0.15, 0.2) is 84.9 Å². The molecule has 0 amide bonds. The molecule has 10 rings (SSSR count). The third kappa shape index (κ3) is 7.07. The highest BCUT2D eigenvalue weighted by Gasteiger charge is 2.22. The number of hydrogen-bond donors (Lipinski definition) is 2. The first-order valence-corrected chi connectivity index (χ1v) is 19.7. The van der Waals surface area contributed by atoms with Crippen molar-refractivity contribution in [1.82, 2.24) is 45.3 Å². The second kappa shape index (κ2) is 15.7. The number of thiophene rings is 1. The number of morpholine rings is 2. The maximum atomic E-state index is 6.51. The lowest BCUT2D eigenvalue weighted by atomic mass is 10.0. The summed E-state index contributed by atoms with van der Waals surface area (Å²) >= 11 is 8.28. The molecule has 0 radical (unpaired) electrons. The van der Waals surface area contributed by atoms with Gasteiger partial charge in [0, 0.05) is 83.9 Å². The summed E-state index contributed by atoms with van der Waals surface area (Å²) in [5, 5.41) is 18.9. The van der Waals surface area contributed by atoms with Gasteiger partial charge in [0.1, 0.15) is 39.2 Å². The molecule has 0 saturated carbocycles. The monoisotopic (exact) mass is 783 g/mol. The number of hydrogen-bond acceptors (Lipinski definition) is 12. The fraction of sp³-hybridized carbons (Fsp3) is 0.244. The lowest BCUT2D eigenvalue weighted by molar-refractivity contribution is 0.122. The van der Waals surface area contributed by atoms with E-state index in [0.29, 0.717) is 18.4 Å². The van der Waals surface area contributed by atoms with Gasteiger partial charge in [-0.3, -0.25) is 20.2 Å². The minimum Gasteiger partial charge on any atom is -0.378 e. The first-order valence-electron chi connectivity index (χ1n) is 18.4. The van der Waals surface area contributed by atoms with E-state index in [1.165, 1.54) is 16.0 Å². The van der Waals surface area contributed by atoms with Crippen molar-refractivity contribution < 1.29 is 9.47 Å². The Hall–Kier alpha value is -5.80. The Kier molecular flexibility index (Phi) is 10.1. The van der Waals surface area contributed by atoms with E-state index in [2.05, 4.69) is 87.8 Å². The normalized spacial score (nSPS) is 14.6. The highest BCUT2D eigenvalue weighted by molar-refractivity contribution is 7.13. The molecule has 10 heterocycles. The fourth-order valence-corrected chi connectivity index (χ4v) is 8.32. The molecule has 0 bridgehead atoms. The van der Waals surface area contributed by atoms with Crippen molar-refractivity contribution in [2.45, 2.75) is 13.8 Å². The van der Waals surface area contributed by atoms with Crippen LogP contribution in [0.2, 0.25) is 5.15 Å². The third-order valence-electron chi connectivity index (χ3n) is 9.98. The number of aryl methyl sites for hydroxylation is 2. The standard InChI is InChI=1S/C21H19ClN6O.C20H19N5OS/c1-13-10-16(21(22)24-12-13)15-11-18(28-6-8-29-9-7-28)26-19-14(15)2-4-23-20(19)17-3-5-25-27-17;1-13-4-11-27-20(13)15-12-17(25-7-9-26-10-8-25)23-18-14(15)2-5-21-19(18)16-3-6-22-24-16/h2-5,10-12H,6-9H2,1H3,(H,25,27);2-6,11-12H,7-10H2,1H3,(H,22,24). The summed E-state index contributed by atoms with van der Waals surface area (Å²) in [7, 11) is 0.